The summed E-state index contributed by atoms with van der Waals surface area (Å²) in [6, 6.07) is 4.16. The molecule has 0 aliphatic carbocycles. The van der Waals surface area contributed by atoms with E-state index in [1.807, 2.05) is 24.5 Å². The van der Waals surface area contributed by atoms with Crippen LogP contribution in [0.15, 0.2) is 24.5 Å². The van der Waals surface area contributed by atoms with Gasteiger partial charge in [-0.2, -0.15) is 0 Å². The van der Waals surface area contributed by atoms with Gasteiger partial charge in [-0.25, -0.2) is 0 Å². The van der Waals surface area contributed by atoms with E-state index in [2.05, 4.69) is 22.1 Å². The van der Waals surface area contributed by atoms with Gasteiger partial charge in [0.1, 0.15) is 0 Å². The second-order valence-corrected chi connectivity index (χ2v) is 5.09. The summed E-state index contributed by atoms with van der Waals surface area (Å²) in [5.41, 5.74) is 1.29. The fourth-order valence-corrected chi connectivity index (χ4v) is 2.56. The third-order valence-electron chi connectivity index (χ3n) is 3.71. The predicted molar refractivity (Wildman–Crippen MR) is 75.8 cm³/mol. The highest BCUT2D eigenvalue weighted by atomic mass is 16.2. The van der Waals surface area contributed by atoms with Crippen molar-refractivity contribution in [2.45, 2.75) is 38.6 Å². The van der Waals surface area contributed by atoms with Crippen molar-refractivity contribution in [3.63, 3.8) is 0 Å². The van der Waals surface area contributed by atoms with E-state index in [1.54, 1.807) is 0 Å². The van der Waals surface area contributed by atoms with Gasteiger partial charge < -0.3 is 5.32 Å². The molecule has 1 aromatic heterocycles. The number of aromatic nitrogens is 1. The van der Waals surface area contributed by atoms with Gasteiger partial charge in [-0.1, -0.05) is 19.8 Å². The third-order valence-corrected chi connectivity index (χ3v) is 3.71. The Bertz CT molecular complexity index is 394. The maximum Gasteiger partial charge on any atom is 0.237 e. The largest absolute Gasteiger partial charge is 0.353 e. The molecule has 0 bridgehead atoms. The van der Waals surface area contributed by atoms with Crippen LogP contribution in [0.2, 0.25) is 0 Å². The van der Waals surface area contributed by atoms with Gasteiger partial charge in [0.2, 0.25) is 5.91 Å². The molecular formula is C15H23N3O. The lowest BCUT2D eigenvalue weighted by atomic mass is 10.0. The summed E-state index contributed by atoms with van der Waals surface area (Å²) in [7, 11) is 0. The van der Waals surface area contributed by atoms with E-state index in [0.29, 0.717) is 0 Å². The Hall–Kier alpha value is -1.42. The fraction of sp³-hybridized carbons (Fsp3) is 0.600. The second kappa shape index (κ2) is 7.24. The van der Waals surface area contributed by atoms with Crippen molar-refractivity contribution in [1.82, 2.24) is 15.2 Å². The first kappa shape index (κ1) is 14.0. The van der Waals surface area contributed by atoms with Crippen LogP contribution < -0.4 is 5.32 Å². The van der Waals surface area contributed by atoms with Crippen LogP contribution in [0.4, 0.5) is 0 Å². The van der Waals surface area contributed by atoms with Gasteiger partial charge in [0.15, 0.2) is 0 Å². The van der Waals surface area contributed by atoms with E-state index in [0.717, 1.165) is 45.3 Å². The van der Waals surface area contributed by atoms with Crippen LogP contribution in [-0.2, 0) is 11.2 Å². The fourth-order valence-electron chi connectivity index (χ4n) is 2.56. The number of hydrogen-bond acceptors (Lipinski definition) is 3. The highest BCUT2D eigenvalue weighted by Crippen LogP contribution is 2.13. The number of unbranched alkanes of at least 4 members (excludes halogenated alkanes) is 1. The van der Waals surface area contributed by atoms with E-state index in [-0.39, 0.29) is 11.9 Å². The molecule has 0 saturated carbocycles. The lowest BCUT2D eigenvalue weighted by Crippen LogP contribution is -2.55. The molecule has 0 radical (unpaired) electrons. The molecule has 4 nitrogen and oxygen atoms in total. The lowest BCUT2D eigenvalue weighted by Gasteiger charge is -2.35. The second-order valence-electron chi connectivity index (χ2n) is 5.09. The number of carbonyl (C=O) groups excluding carboxylic acids is 1. The van der Waals surface area contributed by atoms with Gasteiger partial charge in [0, 0.05) is 32.0 Å². The topological polar surface area (TPSA) is 45.2 Å². The van der Waals surface area contributed by atoms with Crippen LogP contribution in [0.25, 0.3) is 0 Å². The predicted octanol–water partition coefficient (Wildman–Crippen LogP) is 1.61. The molecule has 1 aliphatic rings. The van der Waals surface area contributed by atoms with Crippen molar-refractivity contribution in [1.29, 1.82) is 0 Å². The first-order valence-electron chi connectivity index (χ1n) is 7.22. The highest BCUT2D eigenvalue weighted by molar-refractivity contribution is 5.82. The number of carbonyl (C=O) groups is 1. The minimum atomic E-state index is 0.0653. The first-order chi connectivity index (χ1) is 9.31. The Morgan fingerprint density at radius 2 is 2.21 bits per heavy atom. The van der Waals surface area contributed by atoms with Gasteiger partial charge in [-0.15, -0.1) is 0 Å². The van der Waals surface area contributed by atoms with Gasteiger partial charge in [0.25, 0.3) is 0 Å². The summed E-state index contributed by atoms with van der Waals surface area (Å²) in [4.78, 5) is 18.3. The summed E-state index contributed by atoms with van der Waals surface area (Å²) in [6.45, 7) is 4.86. The zero-order chi connectivity index (χ0) is 13.5. The Labute approximate surface area is 115 Å². The van der Waals surface area contributed by atoms with Crippen molar-refractivity contribution in [2.24, 2.45) is 0 Å². The summed E-state index contributed by atoms with van der Waals surface area (Å²) >= 11 is 0. The molecular weight excluding hydrogens is 238 g/mol. The van der Waals surface area contributed by atoms with Crippen LogP contribution in [0.1, 0.15) is 31.7 Å². The number of piperazine rings is 1. The third kappa shape index (κ3) is 4.03. The van der Waals surface area contributed by atoms with Crippen molar-refractivity contribution >= 4 is 5.91 Å². The number of rotatable bonds is 6. The van der Waals surface area contributed by atoms with E-state index < -0.39 is 0 Å². The summed E-state index contributed by atoms with van der Waals surface area (Å²) in [5.74, 6) is 0.203. The summed E-state index contributed by atoms with van der Waals surface area (Å²) in [6.07, 6.45) is 7.86. The quantitative estimate of drug-likeness (QED) is 0.846. The summed E-state index contributed by atoms with van der Waals surface area (Å²) < 4.78 is 0. The Morgan fingerprint density at radius 1 is 1.42 bits per heavy atom. The smallest absolute Gasteiger partial charge is 0.237 e. The van der Waals surface area contributed by atoms with Crippen LogP contribution in [-0.4, -0.2) is 41.5 Å². The average molecular weight is 261 g/mol. The van der Waals surface area contributed by atoms with E-state index >= 15 is 0 Å². The zero-order valence-electron chi connectivity index (χ0n) is 11.6. The molecule has 19 heavy (non-hydrogen) atoms. The standard InChI is InChI=1S/C15H23N3O/c1-2-3-4-14-15(19)17-10-12-18(14)11-7-13-5-8-16-9-6-13/h5-6,8-9,14H,2-4,7,10-12H2,1H3,(H,17,19)/t14-/m1/s1. The molecule has 1 saturated heterocycles. The van der Waals surface area contributed by atoms with E-state index in [1.165, 1.54) is 5.56 Å². The van der Waals surface area contributed by atoms with Crippen molar-refractivity contribution in [3.8, 4) is 0 Å². The minimum absolute atomic E-state index is 0.0653. The van der Waals surface area contributed by atoms with Crippen LogP contribution in [0, 0.1) is 0 Å². The molecule has 0 aromatic carbocycles. The molecule has 1 atom stereocenters. The molecule has 4 heteroatoms. The molecule has 1 N–H and O–H groups in total. The molecule has 0 spiro atoms. The number of amides is 1. The van der Waals surface area contributed by atoms with E-state index in [4.69, 9.17) is 0 Å². The maximum atomic E-state index is 12.0. The van der Waals surface area contributed by atoms with Gasteiger partial charge >= 0.3 is 0 Å². The number of pyridine rings is 1. The molecule has 2 heterocycles. The first-order valence-corrected chi connectivity index (χ1v) is 7.22. The highest BCUT2D eigenvalue weighted by Gasteiger charge is 2.28. The van der Waals surface area contributed by atoms with Crippen molar-refractivity contribution in [3.05, 3.63) is 30.1 Å². The minimum Gasteiger partial charge on any atom is -0.353 e. The van der Waals surface area contributed by atoms with Crippen LogP contribution in [0.5, 0.6) is 0 Å². The molecule has 104 valence electrons. The Kier molecular flexibility index (Phi) is 5.33. The van der Waals surface area contributed by atoms with Gasteiger partial charge in [-0.3, -0.25) is 14.7 Å². The van der Waals surface area contributed by atoms with Gasteiger partial charge in [0.05, 0.1) is 6.04 Å². The lowest BCUT2D eigenvalue weighted by molar-refractivity contribution is -0.129. The SMILES string of the molecule is CCCC[C@@H]1C(=O)NCCN1CCc1ccncc1. The Morgan fingerprint density at radius 3 is 2.95 bits per heavy atom. The Balaban J connectivity index is 1.90. The van der Waals surface area contributed by atoms with Crippen LogP contribution >= 0.6 is 0 Å². The number of nitrogens with one attached hydrogen (secondary N) is 1. The zero-order valence-corrected chi connectivity index (χ0v) is 11.6. The summed E-state index contributed by atoms with van der Waals surface area (Å²) in [5, 5.41) is 2.98. The molecule has 1 amide bonds. The molecule has 0 unspecified atom stereocenters. The van der Waals surface area contributed by atoms with Gasteiger partial charge in [-0.05, 0) is 30.5 Å². The molecule has 1 fully saturated rings. The van der Waals surface area contributed by atoms with Crippen LogP contribution in [0.3, 0.4) is 0 Å². The molecule has 1 aromatic rings. The van der Waals surface area contributed by atoms with E-state index in [9.17, 15) is 4.79 Å². The molecule has 2 rings (SSSR count). The molecule has 1 aliphatic heterocycles. The number of hydrogen-bond donors (Lipinski definition) is 1. The van der Waals surface area contributed by atoms with Crippen molar-refractivity contribution in [2.75, 3.05) is 19.6 Å². The number of nitrogens with zero attached hydrogens (tertiary/aromatic N) is 2. The monoisotopic (exact) mass is 261 g/mol. The van der Waals surface area contributed by atoms with Crippen molar-refractivity contribution < 1.29 is 4.79 Å². The normalized spacial score (nSPS) is 20.3. The maximum absolute atomic E-state index is 12.0. The average Bonchev–Trinajstić information content (AvgIpc) is 2.45.